The Kier molecular flexibility index (Phi) is 11.4. The number of carbonyl (C=O) groups excluding carboxylic acids is 2. The minimum atomic E-state index is -0.573. The fourth-order valence-corrected chi connectivity index (χ4v) is 4.99. The molecule has 0 heterocycles. The maximum Gasteiger partial charge on any atom is 0.243 e. The topological polar surface area (TPSA) is 49.4 Å². The molecule has 1 atom stereocenters. The molecule has 6 heteroatoms. The van der Waals surface area contributed by atoms with Crippen molar-refractivity contribution in [2.45, 2.75) is 57.0 Å². The molecular weight excluding hydrogens is 488 g/mol. The lowest BCUT2D eigenvalue weighted by Gasteiger charge is -2.31. The van der Waals surface area contributed by atoms with Crippen LogP contribution >= 0.6 is 23.4 Å². The van der Waals surface area contributed by atoms with Crippen molar-refractivity contribution >= 4 is 35.2 Å². The summed E-state index contributed by atoms with van der Waals surface area (Å²) < 4.78 is 0. The van der Waals surface area contributed by atoms with Crippen LogP contribution in [0.2, 0.25) is 5.02 Å². The minimum absolute atomic E-state index is 0.000733. The van der Waals surface area contributed by atoms with Crippen molar-refractivity contribution in [1.82, 2.24) is 10.2 Å². The number of nitrogens with zero attached hydrogens (tertiary/aromatic N) is 1. The van der Waals surface area contributed by atoms with Crippen LogP contribution in [0.25, 0.3) is 0 Å². The lowest BCUT2D eigenvalue weighted by molar-refractivity contribution is -0.141. The Labute approximate surface area is 224 Å². The summed E-state index contributed by atoms with van der Waals surface area (Å²) in [6.45, 7) is 5.07. The smallest absolute Gasteiger partial charge is 0.243 e. The van der Waals surface area contributed by atoms with Crippen LogP contribution < -0.4 is 5.32 Å². The number of nitrogens with one attached hydrogen (secondary N) is 1. The molecule has 0 saturated heterocycles. The summed E-state index contributed by atoms with van der Waals surface area (Å²) in [5.74, 6) is 0.717. The average Bonchev–Trinajstić information content (AvgIpc) is 2.88. The van der Waals surface area contributed by atoms with E-state index in [9.17, 15) is 9.59 Å². The molecule has 0 aromatic heterocycles. The molecule has 1 N–H and O–H groups in total. The van der Waals surface area contributed by atoms with E-state index in [1.54, 1.807) is 16.7 Å². The number of thioether (sulfide) groups is 1. The maximum atomic E-state index is 13.6. The van der Waals surface area contributed by atoms with Crippen molar-refractivity contribution in [2.24, 2.45) is 0 Å². The van der Waals surface area contributed by atoms with Gasteiger partial charge in [-0.05, 0) is 60.9 Å². The number of benzene rings is 3. The molecule has 3 rings (SSSR count). The Morgan fingerprint density at radius 3 is 2.39 bits per heavy atom. The summed E-state index contributed by atoms with van der Waals surface area (Å²) in [7, 11) is 0. The molecule has 0 bridgehead atoms. The highest BCUT2D eigenvalue weighted by Gasteiger charge is 2.30. The van der Waals surface area contributed by atoms with Crippen LogP contribution in [0.5, 0.6) is 0 Å². The van der Waals surface area contributed by atoms with Crippen LogP contribution in [-0.2, 0) is 22.6 Å². The Hall–Kier alpha value is -2.76. The Morgan fingerprint density at radius 2 is 1.69 bits per heavy atom. The van der Waals surface area contributed by atoms with Crippen LogP contribution in [-0.4, -0.2) is 35.1 Å². The molecule has 3 aromatic carbocycles. The lowest BCUT2D eigenvalue weighted by atomic mass is 10.0. The molecule has 0 fully saturated rings. The summed E-state index contributed by atoms with van der Waals surface area (Å²) in [6, 6.07) is 25.2. The van der Waals surface area contributed by atoms with Crippen molar-refractivity contribution in [3.05, 3.63) is 101 Å². The molecule has 36 heavy (non-hydrogen) atoms. The van der Waals surface area contributed by atoms with Crippen molar-refractivity contribution in [1.29, 1.82) is 0 Å². The van der Waals surface area contributed by atoms with E-state index in [2.05, 4.69) is 11.4 Å². The van der Waals surface area contributed by atoms with Crippen LogP contribution in [0, 0.1) is 6.92 Å². The van der Waals surface area contributed by atoms with E-state index in [-0.39, 0.29) is 11.8 Å². The number of hydrogen-bond acceptors (Lipinski definition) is 3. The van der Waals surface area contributed by atoms with Gasteiger partial charge in [-0.15, -0.1) is 11.8 Å². The highest BCUT2D eigenvalue weighted by molar-refractivity contribution is 7.99. The lowest BCUT2D eigenvalue weighted by Crippen LogP contribution is -2.50. The molecular formula is C30H35ClN2O2S. The van der Waals surface area contributed by atoms with Gasteiger partial charge in [0, 0.05) is 35.8 Å². The van der Waals surface area contributed by atoms with Gasteiger partial charge in [0.15, 0.2) is 0 Å². The Bertz CT molecular complexity index is 1110. The highest BCUT2D eigenvalue weighted by Crippen LogP contribution is 2.22. The predicted octanol–water partition coefficient (Wildman–Crippen LogP) is 6.69. The SMILES string of the molecule is CCCNC(=O)C(Cc1ccccc1)N(Cc1cccc(C)c1)C(=O)CCCSc1ccc(Cl)cc1. The van der Waals surface area contributed by atoms with Crippen molar-refractivity contribution in [3.63, 3.8) is 0 Å². The Balaban J connectivity index is 1.77. The van der Waals surface area contributed by atoms with Crippen molar-refractivity contribution in [3.8, 4) is 0 Å². The second-order valence-corrected chi connectivity index (χ2v) is 10.5. The standard InChI is InChI=1S/C30H35ClN2O2S/c1-3-18-32-30(35)28(21-24-10-5-4-6-11-24)33(22-25-12-7-9-23(2)20-25)29(34)13-8-19-36-27-16-14-26(31)15-17-27/h4-7,9-12,14-17,20,28H,3,8,13,18-19,21-22H2,1-2H3,(H,32,35). The monoisotopic (exact) mass is 522 g/mol. The minimum Gasteiger partial charge on any atom is -0.354 e. The molecule has 0 spiro atoms. The summed E-state index contributed by atoms with van der Waals surface area (Å²) in [5, 5.41) is 3.75. The highest BCUT2D eigenvalue weighted by atomic mass is 35.5. The normalized spacial score (nSPS) is 11.6. The maximum absolute atomic E-state index is 13.6. The molecule has 0 radical (unpaired) electrons. The molecule has 4 nitrogen and oxygen atoms in total. The van der Waals surface area contributed by atoms with Gasteiger partial charge in [0.05, 0.1) is 0 Å². The molecule has 2 amide bonds. The second kappa shape index (κ2) is 14.7. The first-order valence-corrected chi connectivity index (χ1v) is 13.9. The van der Waals surface area contributed by atoms with Crippen molar-refractivity contribution < 1.29 is 9.59 Å². The van der Waals surface area contributed by atoms with E-state index >= 15 is 0 Å². The summed E-state index contributed by atoms with van der Waals surface area (Å²) in [4.78, 5) is 29.9. The van der Waals surface area contributed by atoms with Crippen molar-refractivity contribution in [2.75, 3.05) is 12.3 Å². The largest absolute Gasteiger partial charge is 0.354 e. The third kappa shape index (κ3) is 9.03. The number of halogens is 1. The van der Waals surface area contributed by atoms with Gasteiger partial charge in [-0.2, -0.15) is 0 Å². The summed E-state index contributed by atoms with van der Waals surface area (Å²) in [5.41, 5.74) is 3.20. The van der Waals surface area contributed by atoms with E-state index in [0.29, 0.717) is 31.0 Å². The fourth-order valence-electron chi connectivity index (χ4n) is 4.02. The van der Waals surface area contributed by atoms with Crippen LogP contribution in [0.15, 0.2) is 83.8 Å². The molecule has 0 aliphatic carbocycles. The predicted molar refractivity (Wildman–Crippen MR) is 150 cm³/mol. The van der Waals surface area contributed by atoms with Gasteiger partial charge in [0.1, 0.15) is 6.04 Å². The molecule has 0 aliphatic rings. The summed E-state index contributed by atoms with van der Waals surface area (Å²) in [6.07, 6.45) is 2.44. The number of rotatable bonds is 13. The molecule has 0 saturated carbocycles. The van der Waals surface area contributed by atoms with Crippen LogP contribution in [0.4, 0.5) is 0 Å². The summed E-state index contributed by atoms with van der Waals surface area (Å²) >= 11 is 7.69. The van der Waals surface area contributed by atoms with Gasteiger partial charge in [-0.1, -0.05) is 78.7 Å². The number of hydrogen-bond donors (Lipinski definition) is 1. The zero-order chi connectivity index (χ0) is 25.8. The average molecular weight is 523 g/mol. The first kappa shape index (κ1) is 27.8. The Morgan fingerprint density at radius 1 is 0.972 bits per heavy atom. The third-order valence-electron chi connectivity index (χ3n) is 5.87. The van der Waals surface area contributed by atoms with Gasteiger partial charge in [0.25, 0.3) is 0 Å². The van der Waals surface area contributed by atoms with Crippen LogP contribution in [0.1, 0.15) is 42.9 Å². The van der Waals surface area contributed by atoms with E-state index in [1.165, 1.54) is 0 Å². The molecule has 3 aromatic rings. The fraction of sp³-hybridized carbons (Fsp3) is 0.333. The van der Waals surface area contributed by atoms with E-state index in [1.807, 2.05) is 86.6 Å². The quantitative estimate of drug-likeness (QED) is 0.201. The molecule has 0 aliphatic heterocycles. The van der Waals surface area contributed by atoms with E-state index < -0.39 is 6.04 Å². The number of aryl methyl sites for hydroxylation is 1. The van der Waals surface area contributed by atoms with E-state index in [0.717, 1.165) is 40.2 Å². The zero-order valence-electron chi connectivity index (χ0n) is 21.1. The van der Waals surface area contributed by atoms with Gasteiger partial charge >= 0.3 is 0 Å². The van der Waals surface area contributed by atoms with Gasteiger partial charge in [-0.3, -0.25) is 9.59 Å². The van der Waals surface area contributed by atoms with Crippen LogP contribution in [0.3, 0.4) is 0 Å². The zero-order valence-corrected chi connectivity index (χ0v) is 22.7. The molecule has 190 valence electrons. The van der Waals surface area contributed by atoms with Gasteiger partial charge < -0.3 is 10.2 Å². The second-order valence-electron chi connectivity index (χ2n) is 8.91. The van der Waals surface area contributed by atoms with Gasteiger partial charge in [0.2, 0.25) is 11.8 Å². The first-order valence-electron chi connectivity index (χ1n) is 12.5. The third-order valence-corrected chi connectivity index (χ3v) is 7.22. The molecule has 1 unspecified atom stereocenters. The van der Waals surface area contributed by atoms with E-state index in [4.69, 9.17) is 11.6 Å². The van der Waals surface area contributed by atoms with Gasteiger partial charge in [-0.25, -0.2) is 0 Å². The number of carbonyl (C=O) groups is 2. The first-order chi connectivity index (χ1) is 17.5. The number of amides is 2.